The van der Waals surface area contributed by atoms with Gasteiger partial charge in [-0.1, -0.05) is 26.0 Å². The summed E-state index contributed by atoms with van der Waals surface area (Å²) in [7, 11) is -1.71. The van der Waals surface area contributed by atoms with Gasteiger partial charge in [-0.25, -0.2) is 0 Å². The molecule has 16 heavy (non-hydrogen) atoms. The Hall–Kier alpha value is -1.33. The molecule has 0 aliphatic heterocycles. The van der Waals surface area contributed by atoms with Crippen molar-refractivity contribution >= 4 is 18.9 Å². The summed E-state index contributed by atoms with van der Waals surface area (Å²) >= 11 is 0. The number of carbonyl (C=O) groups is 1. The molecule has 0 aliphatic carbocycles. The topological polar surface area (TPSA) is 66.8 Å². The molecule has 4 nitrogen and oxygen atoms in total. The standard InChI is InChI=1S/C11H15BO4/c1-8(2)7-16-10-5-3-4-9(6-13)11(10)12(14)15/h3-6,8,14-15H,7H2,1-2H3. The molecule has 0 fully saturated rings. The van der Waals surface area contributed by atoms with Crippen molar-refractivity contribution in [3.05, 3.63) is 23.8 Å². The summed E-state index contributed by atoms with van der Waals surface area (Å²) in [5.41, 5.74) is 0.356. The second-order valence-electron chi connectivity index (χ2n) is 3.96. The van der Waals surface area contributed by atoms with Gasteiger partial charge in [0.15, 0.2) is 0 Å². The van der Waals surface area contributed by atoms with Gasteiger partial charge in [0.2, 0.25) is 0 Å². The monoisotopic (exact) mass is 222 g/mol. The lowest BCUT2D eigenvalue weighted by atomic mass is 9.76. The van der Waals surface area contributed by atoms with Gasteiger partial charge in [-0.15, -0.1) is 0 Å². The van der Waals surface area contributed by atoms with Gasteiger partial charge < -0.3 is 14.8 Å². The fraction of sp³-hybridized carbons (Fsp3) is 0.364. The van der Waals surface area contributed by atoms with Gasteiger partial charge >= 0.3 is 7.12 Å². The Kier molecular flexibility index (Phi) is 4.52. The van der Waals surface area contributed by atoms with E-state index in [1.807, 2.05) is 13.8 Å². The summed E-state index contributed by atoms with van der Waals surface area (Å²) in [5.74, 6) is 0.664. The SMILES string of the molecule is CC(C)COc1cccc(C=O)c1B(O)O. The number of benzene rings is 1. The molecule has 0 aliphatic rings. The van der Waals surface area contributed by atoms with E-state index in [9.17, 15) is 14.8 Å². The van der Waals surface area contributed by atoms with Crippen molar-refractivity contribution in [2.45, 2.75) is 13.8 Å². The molecule has 0 radical (unpaired) electrons. The highest BCUT2D eigenvalue weighted by atomic mass is 16.5. The second kappa shape index (κ2) is 5.68. The average molecular weight is 222 g/mol. The third kappa shape index (κ3) is 3.08. The number of rotatable bonds is 5. The Morgan fingerprint density at radius 2 is 2.12 bits per heavy atom. The summed E-state index contributed by atoms with van der Waals surface area (Å²) < 4.78 is 5.42. The van der Waals surface area contributed by atoms with Crippen LogP contribution in [0.3, 0.4) is 0 Å². The minimum atomic E-state index is -1.71. The Morgan fingerprint density at radius 1 is 1.44 bits per heavy atom. The number of aldehydes is 1. The molecular weight excluding hydrogens is 207 g/mol. The number of hydrogen-bond donors (Lipinski definition) is 2. The molecule has 0 heterocycles. The lowest BCUT2D eigenvalue weighted by molar-refractivity contribution is 0.112. The van der Waals surface area contributed by atoms with Crippen LogP contribution in [-0.2, 0) is 0 Å². The maximum absolute atomic E-state index is 10.7. The third-order valence-corrected chi connectivity index (χ3v) is 2.06. The Balaban J connectivity index is 3.02. The van der Waals surface area contributed by atoms with E-state index in [1.54, 1.807) is 12.1 Å². The quantitative estimate of drug-likeness (QED) is 0.552. The molecule has 0 unspecified atom stereocenters. The van der Waals surface area contributed by atoms with Crippen molar-refractivity contribution in [1.29, 1.82) is 0 Å². The largest absolute Gasteiger partial charge is 0.494 e. The summed E-state index contributed by atoms with van der Waals surface area (Å²) in [6, 6.07) is 4.78. The molecule has 86 valence electrons. The van der Waals surface area contributed by atoms with Crippen LogP contribution in [0, 0.1) is 5.92 Å². The highest BCUT2D eigenvalue weighted by Gasteiger charge is 2.21. The van der Waals surface area contributed by atoms with Crippen molar-refractivity contribution in [3.8, 4) is 5.75 Å². The van der Waals surface area contributed by atoms with Crippen LogP contribution in [0.15, 0.2) is 18.2 Å². The smallest absolute Gasteiger partial charge is 0.492 e. The molecule has 0 saturated heterocycles. The first-order chi connectivity index (χ1) is 7.56. The fourth-order valence-electron chi connectivity index (χ4n) is 1.32. The predicted octanol–water partition coefficient (Wildman–Crippen LogP) is 0.214. The minimum Gasteiger partial charge on any atom is -0.494 e. The number of carbonyl (C=O) groups excluding carboxylic acids is 1. The molecule has 2 N–H and O–H groups in total. The Bertz CT molecular complexity index is 363. The van der Waals surface area contributed by atoms with Crippen LogP contribution in [-0.4, -0.2) is 30.1 Å². The van der Waals surface area contributed by atoms with E-state index >= 15 is 0 Å². The zero-order valence-electron chi connectivity index (χ0n) is 9.38. The van der Waals surface area contributed by atoms with Gasteiger partial charge in [0.05, 0.1) is 6.61 Å². The fourth-order valence-corrected chi connectivity index (χ4v) is 1.32. The molecule has 0 bridgehead atoms. The second-order valence-corrected chi connectivity index (χ2v) is 3.96. The Morgan fingerprint density at radius 3 is 2.62 bits per heavy atom. The Labute approximate surface area is 95.0 Å². The van der Waals surface area contributed by atoms with Crippen LogP contribution in [0.5, 0.6) is 5.75 Å². The summed E-state index contributed by atoms with van der Waals surface area (Å²) in [6.07, 6.45) is 0.580. The van der Waals surface area contributed by atoms with Crippen molar-refractivity contribution in [2.75, 3.05) is 6.61 Å². The molecule has 0 spiro atoms. The lowest BCUT2D eigenvalue weighted by Gasteiger charge is -2.14. The van der Waals surface area contributed by atoms with Gasteiger partial charge in [0, 0.05) is 11.0 Å². The summed E-state index contributed by atoms with van der Waals surface area (Å²) in [5, 5.41) is 18.4. The van der Waals surface area contributed by atoms with E-state index in [0.29, 0.717) is 24.6 Å². The minimum absolute atomic E-state index is 0.123. The van der Waals surface area contributed by atoms with Crippen LogP contribution in [0.2, 0.25) is 0 Å². The van der Waals surface area contributed by atoms with Crippen LogP contribution < -0.4 is 10.2 Å². The van der Waals surface area contributed by atoms with Crippen LogP contribution >= 0.6 is 0 Å². The van der Waals surface area contributed by atoms with Gasteiger partial charge in [-0.05, 0) is 12.0 Å². The van der Waals surface area contributed by atoms with Crippen molar-refractivity contribution in [3.63, 3.8) is 0 Å². The van der Waals surface area contributed by atoms with E-state index in [4.69, 9.17) is 4.74 Å². The van der Waals surface area contributed by atoms with Gasteiger partial charge in [-0.2, -0.15) is 0 Å². The predicted molar refractivity (Wildman–Crippen MR) is 62.0 cm³/mol. The van der Waals surface area contributed by atoms with Crippen molar-refractivity contribution in [1.82, 2.24) is 0 Å². The van der Waals surface area contributed by atoms with Crippen LogP contribution in [0.25, 0.3) is 0 Å². The number of ether oxygens (including phenoxy) is 1. The van der Waals surface area contributed by atoms with E-state index < -0.39 is 7.12 Å². The van der Waals surface area contributed by atoms with Crippen molar-refractivity contribution < 1.29 is 19.6 Å². The number of hydrogen-bond acceptors (Lipinski definition) is 4. The maximum atomic E-state index is 10.7. The molecule has 1 aromatic carbocycles. The van der Waals surface area contributed by atoms with E-state index in [1.165, 1.54) is 6.07 Å². The van der Waals surface area contributed by atoms with Crippen LogP contribution in [0.4, 0.5) is 0 Å². The third-order valence-electron chi connectivity index (χ3n) is 2.06. The average Bonchev–Trinajstić information content (AvgIpc) is 2.25. The molecule has 5 heteroatoms. The summed E-state index contributed by atoms with van der Waals surface area (Å²) in [6.45, 7) is 4.43. The molecular formula is C11H15BO4. The highest BCUT2D eigenvalue weighted by molar-refractivity contribution is 6.61. The molecule has 0 saturated carbocycles. The zero-order valence-corrected chi connectivity index (χ0v) is 9.38. The van der Waals surface area contributed by atoms with E-state index in [2.05, 4.69) is 0 Å². The molecule has 0 aromatic heterocycles. The van der Waals surface area contributed by atoms with E-state index in [-0.39, 0.29) is 11.0 Å². The van der Waals surface area contributed by atoms with E-state index in [0.717, 1.165) is 0 Å². The van der Waals surface area contributed by atoms with Gasteiger partial charge in [-0.3, -0.25) is 4.79 Å². The van der Waals surface area contributed by atoms with Crippen molar-refractivity contribution in [2.24, 2.45) is 5.92 Å². The lowest BCUT2D eigenvalue weighted by Crippen LogP contribution is -2.34. The molecule has 0 atom stereocenters. The first-order valence-electron chi connectivity index (χ1n) is 5.13. The molecule has 0 amide bonds. The van der Waals surface area contributed by atoms with Gasteiger partial charge in [0.1, 0.15) is 12.0 Å². The normalized spacial score (nSPS) is 10.3. The first-order valence-corrected chi connectivity index (χ1v) is 5.13. The zero-order chi connectivity index (χ0) is 12.1. The molecule has 1 aromatic rings. The first kappa shape index (κ1) is 12.7. The summed E-state index contributed by atoms with van der Waals surface area (Å²) in [4.78, 5) is 10.7. The van der Waals surface area contributed by atoms with Crippen LogP contribution in [0.1, 0.15) is 24.2 Å². The molecule has 1 rings (SSSR count). The highest BCUT2D eigenvalue weighted by Crippen LogP contribution is 2.11. The maximum Gasteiger partial charge on any atom is 0.492 e. The van der Waals surface area contributed by atoms with Gasteiger partial charge in [0.25, 0.3) is 0 Å².